The fourth-order valence-electron chi connectivity index (χ4n) is 1.45. The highest BCUT2D eigenvalue weighted by molar-refractivity contribution is 5.86. The molecule has 106 valence electrons. The summed E-state index contributed by atoms with van der Waals surface area (Å²) >= 11 is 0. The summed E-state index contributed by atoms with van der Waals surface area (Å²) in [6, 6.07) is 1.95. The van der Waals surface area contributed by atoms with Crippen molar-refractivity contribution in [3.05, 3.63) is 35.1 Å². The van der Waals surface area contributed by atoms with Crippen LogP contribution in [0, 0.1) is 0 Å². The van der Waals surface area contributed by atoms with Gasteiger partial charge in [0.25, 0.3) is 0 Å². The first-order chi connectivity index (χ1) is 8.95. The van der Waals surface area contributed by atoms with Crippen molar-refractivity contribution in [2.75, 3.05) is 6.61 Å². The van der Waals surface area contributed by atoms with E-state index in [2.05, 4.69) is 19.2 Å². The Hall–Kier alpha value is -1.91. The average Bonchev–Trinajstić information content (AvgIpc) is 2.84. The number of rotatable bonds is 6. The lowest BCUT2D eigenvalue weighted by atomic mass is 10.1. The van der Waals surface area contributed by atoms with Gasteiger partial charge in [-0.1, -0.05) is 13.8 Å². The molecule has 0 atom stereocenters. The van der Waals surface area contributed by atoms with E-state index in [1.54, 1.807) is 20.1 Å². The zero-order chi connectivity index (χ0) is 14.4. The largest absolute Gasteiger partial charge is 0.501 e. The Morgan fingerprint density at radius 3 is 2.74 bits per heavy atom. The molecule has 0 bridgehead atoms. The number of hydrogen-bond acceptors (Lipinski definition) is 5. The highest BCUT2D eigenvalue weighted by Crippen LogP contribution is 2.17. The predicted octanol–water partition coefficient (Wildman–Crippen LogP) is 2.85. The fraction of sp³-hybridized carbons (Fsp3) is 0.500. The van der Waals surface area contributed by atoms with Gasteiger partial charge in [0.15, 0.2) is 0 Å². The van der Waals surface area contributed by atoms with Crippen LogP contribution in [0.3, 0.4) is 0 Å². The Kier molecular flexibility index (Phi) is 5.48. The Morgan fingerprint density at radius 1 is 1.53 bits per heavy atom. The van der Waals surface area contributed by atoms with E-state index in [0.717, 1.165) is 11.3 Å². The first kappa shape index (κ1) is 15.1. The third-order valence-corrected chi connectivity index (χ3v) is 2.69. The van der Waals surface area contributed by atoms with Gasteiger partial charge in [-0.05, 0) is 31.4 Å². The Labute approximate surface area is 113 Å². The number of hydrogen-bond donors (Lipinski definition) is 2. The number of carbonyl (C=O) groups is 1. The molecule has 0 spiro atoms. The predicted molar refractivity (Wildman–Crippen MR) is 71.6 cm³/mol. The van der Waals surface area contributed by atoms with Crippen molar-refractivity contribution in [3.63, 3.8) is 0 Å². The molecular formula is C14H21NO4. The van der Waals surface area contributed by atoms with Crippen molar-refractivity contribution in [2.45, 2.75) is 40.2 Å². The van der Waals surface area contributed by atoms with Gasteiger partial charge >= 0.3 is 5.97 Å². The summed E-state index contributed by atoms with van der Waals surface area (Å²) < 4.78 is 10.1. The van der Waals surface area contributed by atoms with Crippen molar-refractivity contribution in [3.8, 4) is 0 Å². The number of aliphatic hydroxyl groups excluding tert-OH is 1. The molecule has 1 rings (SSSR count). The highest BCUT2D eigenvalue weighted by Gasteiger charge is 2.12. The molecule has 0 saturated carbocycles. The van der Waals surface area contributed by atoms with Crippen LogP contribution in [0.4, 0.5) is 0 Å². The zero-order valence-electron chi connectivity index (χ0n) is 11.8. The molecule has 19 heavy (non-hydrogen) atoms. The number of ether oxygens (including phenoxy) is 1. The molecule has 5 nitrogen and oxygen atoms in total. The van der Waals surface area contributed by atoms with Crippen LogP contribution < -0.4 is 5.32 Å². The van der Waals surface area contributed by atoms with Gasteiger partial charge in [0.2, 0.25) is 5.76 Å². The molecule has 1 aromatic heterocycles. The zero-order valence-corrected chi connectivity index (χ0v) is 11.8. The van der Waals surface area contributed by atoms with Gasteiger partial charge in [-0.25, -0.2) is 4.79 Å². The first-order valence-electron chi connectivity index (χ1n) is 6.33. The molecule has 0 fully saturated rings. The lowest BCUT2D eigenvalue weighted by molar-refractivity contribution is -0.141. The molecule has 0 aliphatic carbocycles. The van der Waals surface area contributed by atoms with Crippen LogP contribution in [0.1, 0.15) is 44.9 Å². The highest BCUT2D eigenvalue weighted by atomic mass is 16.5. The summed E-state index contributed by atoms with van der Waals surface area (Å²) in [5.74, 6) is 0.0223. The van der Waals surface area contributed by atoms with E-state index in [-0.39, 0.29) is 6.61 Å². The lowest BCUT2D eigenvalue weighted by Crippen LogP contribution is -2.17. The second-order valence-corrected chi connectivity index (χ2v) is 4.55. The molecule has 1 aromatic rings. The molecule has 2 N–H and O–H groups in total. The number of nitrogens with one attached hydrogen (secondary N) is 1. The van der Waals surface area contributed by atoms with E-state index in [9.17, 15) is 9.90 Å². The van der Waals surface area contributed by atoms with Crippen LogP contribution in [-0.2, 0) is 16.1 Å². The molecule has 0 unspecified atom stereocenters. The van der Waals surface area contributed by atoms with E-state index < -0.39 is 11.7 Å². The first-order valence-corrected chi connectivity index (χ1v) is 6.33. The van der Waals surface area contributed by atoms with E-state index >= 15 is 0 Å². The van der Waals surface area contributed by atoms with Gasteiger partial charge in [-0.2, -0.15) is 0 Å². The Balaban J connectivity index is 2.59. The maximum atomic E-state index is 11.3. The summed E-state index contributed by atoms with van der Waals surface area (Å²) in [6.45, 7) is 8.09. The van der Waals surface area contributed by atoms with E-state index in [0.29, 0.717) is 18.2 Å². The fourth-order valence-corrected chi connectivity index (χ4v) is 1.45. The van der Waals surface area contributed by atoms with Crippen LogP contribution in [0.15, 0.2) is 28.2 Å². The molecule has 0 saturated heterocycles. The summed E-state index contributed by atoms with van der Waals surface area (Å²) in [7, 11) is 0. The topological polar surface area (TPSA) is 71.7 Å². The Morgan fingerprint density at radius 2 is 2.21 bits per heavy atom. The minimum Gasteiger partial charge on any atom is -0.501 e. The summed E-state index contributed by atoms with van der Waals surface area (Å²) in [6.07, 6.45) is 1.71. The third-order valence-electron chi connectivity index (χ3n) is 2.69. The summed E-state index contributed by atoms with van der Waals surface area (Å²) in [5, 5.41) is 12.5. The van der Waals surface area contributed by atoms with Gasteiger partial charge in [0, 0.05) is 0 Å². The van der Waals surface area contributed by atoms with Crippen molar-refractivity contribution in [1.82, 2.24) is 5.32 Å². The second kappa shape index (κ2) is 6.87. The molecular weight excluding hydrogens is 246 g/mol. The molecule has 0 amide bonds. The molecule has 5 heteroatoms. The van der Waals surface area contributed by atoms with Gasteiger partial charge in [-0.3, -0.25) is 0 Å². The monoisotopic (exact) mass is 267 g/mol. The van der Waals surface area contributed by atoms with E-state index in [1.807, 2.05) is 6.07 Å². The summed E-state index contributed by atoms with van der Waals surface area (Å²) in [4.78, 5) is 11.3. The standard InChI is InChI=1S/C14H21NO4/c1-5-18-14(17)13(16)10(4)15-7-12-6-11(8-19-12)9(2)3/h6,8-9,15-16H,5,7H2,1-4H3/b13-10+. The SMILES string of the molecule is CCOC(=O)/C(O)=C(/C)NCc1cc(C(C)C)co1. The molecule has 0 aliphatic heterocycles. The number of furan rings is 1. The average molecular weight is 267 g/mol. The molecule has 0 aromatic carbocycles. The second-order valence-electron chi connectivity index (χ2n) is 4.55. The van der Waals surface area contributed by atoms with E-state index in [4.69, 9.17) is 9.15 Å². The maximum Gasteiger partial charge on any atom is 0.375 e. The van der Waals surface area contributed by atoms with Crippen LogP contribution >= 0.6 is 0 Å². The molecule has 0 aliphatic rings. The maximum absolute atomic E-state index is 11.3. The van der Waals surface area contributed by atoms with Crippen molar-refractivity contribution in [1.29, 1.82) is 0 Å². The smallest absolute Gasteiger partial charge is 0.375 e. The van der Waals surface area contributed by atoms with E-state index in [1.165, 1.54) is 0 Å². The minimum atomic E-state index is -0.727. The summed E-state index contributed by atoms with van der Waals surface area (Å²) in [5.41, 5.74) is 1.48. The van der Waals surface area contributed by atoms with Crippen LogP contribution in [0.5, 0.6) is 0 Å². The molecule has 1 heterocycles. The number of aliphatic hydroxyl groups is 1. The number of allylic oxidation sites excluding steroid dienone is 1. The van der Waals surface area contributed by atoms with Crippen molar-refractivity contribution < 1.29 is 19.1 Å². The van der Waals surface area contributed by atoms with Crippen LogP contribution in [-0.4, -0.2) is 17.7 Å². The normalized spacial score (nSPS) is 12.3. The number of esters is 1. The van der Waals surface area contributed by atoms with Crippen LogP contribution in [0.25, 0.3) is 0 Å². The number of carbonyl (C=O) groups excluding carboxylic acids is 1. The van der Waals surface area contributed by atoms with Gasteiger partial charge in [-0.15, -0.1) is 0 Å². The van der Waals surface area contributed by atoms with Crippen molar-refractivity contribution in [2.24, 2.45) is 0 Å². The van der Waals surface area contributed by atoms with Crippen LogP contribution in [0.2, 0.25) is 0 Å². The van der Waals surface area contributed by atoms with Gasteiger partial charge < -0.3 is 19.6 Å². The Bertz CT molecular complexity index is 460. The molecule has 0 radical (unpaired) electrons. The quantitative estimate of drug-likeness (QED) is 0.471. The van der Waals surface area contributed by atoms with Gasteiger partial charge in [0.1, 0.15) is 5.76 Å². The van der Waals surface area contributed by atoms with Crippen molar-refractivity contribution >= 4 is 5.97 Å². The van der Waals surface area contributed by atoms with Gasteiger partial charge in [0.05, 0.1) is 25.1 Å². The lowest BCUT2D eigenvalue weighted by Gasteiger charge is -2.07. The minimum absolute atomic E-state index is 0.228. The third kappa shape index (κ3) is 4.35.